The first-order chi connectivity index (χ1) is 29.4. The van der Waals surface area contributed by atoms with Crippen LogP contribution in [0, 0.1) is 0 Å². The smallest absolute Gasteiger partial charge is 0.164 e. The average Bonchev–Trinajstić information content (AvgIpc) is 3.95. The highest BCUT2D eigenvalue weighted by Gasteiger charge is 2.23. The number of thiophene rings is 1. The van der Waals surface area contributed by atoms with Gasteiger partial charge >= 0.3 is 0 Å². The van der Waals surface area contributed by atoms with Gasteiger partial charge in [-0.1, -0.05) is 70.4 Å². The topological polar surface area (TPSA) is 56.7 Å². The molecule has 0 N–H and O–H groups in total. The van der Waals surface area contributed by atoms with Gasteiger partial charge < -0.3 is 8.98 Å². The summed E-state index contributed by atoms with van der Waals surface area (Å²) in [6, 6.07) is 35.1. The molecule has 16 heteroatoms. The SMILES string of the molecule is Bc1c(B)c(B)c(-c2nc(-c3ccc4c(c3)oc3ccc(-n5c6ccccc6c6c7sc8ccccc8c7ccc65)cc34)nc(-c3c(B)c(B)c(B)c(B)c3B)n2)c(B)c1B. The molecule has 11 aromatic rings. The van der Waals surface area contributed by atoms with E-state index in [0.717, 1.165) is 44.3 Å². The summed E-state index contributed by atoms with van der Waals surface area (Å²) in [6.45, 7) is 0. The minimum absolute atomic E-state index is 0.630. The van der Waals surface area contributed by atoms with Crippen LogP contribution in [0.1, 0.15) is 0 Å². The van der Waals surface area contributed by atoms with Crippen molar-refractivity contribution in [3.05, 3.63) is 97.1 Å². The fourth-order valence-electron chi connectivity index (χ4n) is 9.96. The van der Waals surface area contributed by atoms with Crippen molar-refractivity contribution >= 4 is 208 Å². The van der Waals surface area contributed by atoms with E-state index in [1.165, 1.54) is 96.6 Å². The molecule has 0 amide bonds. The highest BCUT2D eigenvalue weighted by atomic mass is 32.1. The van der Waals surface area contributed by atoms with Crippen LogP contribution in [0.3, 0.4) is 0 Å². The molecule has 4 heterocycles. The fraction of sp³-hybridized carbons (Fsp3) is 0. The zero-order chi connectivity index (χ0) is 42.2. The molecule has 0 saturated heterocycles. The summed E-state index contributed by atoms with van der Waals surface area (Å²) in [5.41, 5.74) is 20.7. The lowest BCUT2D eigenvalue weighted by atomic mass is 9.60. The van der Waals surface area contributed by atoms with Gasteiger partial charge in [-0.2, -0.15) is 0 Å². The molecule has 61 heavy (non-hydrogen) atoms. The predicted octanol–water partition coefficient (Wildman–Crippen LogP) is -5.18. The summed E-state index contributed by atoms with van der Waals surface area (Å²) >= 11 is 1.88. The Hall–Kier alpha value is -5.98. The van der Waals surface area contributed by atoms with Crippen molar-refractivity contribution in [3.8, 4) is 39.9 Å². The number of hydrogen-bond acceptors (Lipinski definition) is 5. The van der Waals surface area contributed by atoms with E-state index in [4.69, 9.17) is 19.4 Å². The van der Waals surface area contributed by atoms with Crippen molar-refractivity contribution in [1.29, 1.82) is 0 Å². The lowest BCUT2D eigenvalue weighted by Crippen LogP contribution is -2.55. The largest absolute Gasteiger partial charge is 0.456 e. The third-order valence-electron chi connectivity index (χ3n) is 14.2. The second-order valence-electron chi connectivity index (χ2n) is 17.1. The molecule has 278 valence electrons. The minimum Gasteiger partial charge on any atom is -0.456 e. The van der Waals surface area contributed by atoms with E-state index in [9.17, 15) is 0 Å². The number of benzene rings is 7. The molecular formula is C45H36B10N4OS. The second kappa shape index (κ2) is 13.8. The first-order valence-electron chi connectivity index (χ1n) is 21.1. The Morgan fingerprint density at radius 2 is 0.984 bits per heavy atom. The van der Waals surface area contributed by atoms with Crippen molar-refractivity contribution in [2.75, 3.05) is 0 Å². The maximum Gasteiger partial charge on any atom is 0.164 e. The molecule has 4 aromatic heterocycles. The Bertz CT molecular complexity index is 3600. The first kappa shape index (κ1) is 38.0. The van der Waals surface area contributed by atoms with Crippen LogP contribution in [-0.4, -0.2) is 98.0 Å². The van der Waals surface area contributed by atoms with E-state index in [1.807, 2.05) is 11.3 Å². The van der Waals surface area contributed by atoms with Crippen LogP contribution in [0.5, 0.6) is 0 Å². The summed E-state index contributed by atoms with van der Waals surface area (Å²) in [4.78, 5) is 15.9. The molecule has 0 spiro atoms. The molecule has 0 aliphatic heterocycles. The van der Waals surface area contributed by atoms with Crippen molar-refractivity contribution in [1.82, 2.24) is 19.5 Å². The van der Waals surface area contributed by atoms with E-state index in [2.05, 4.69) is 180 Å². The third kappa shape index (κ3) is 5.50. The van der Waals surface area contributed by atoms with Gasteiger partial charge in [-0.05, 0) is 48.5 Å². The molecule has 0 radical (unpaired) electrons. The standard InChI is InChI=1S/C45H36B10N4OS/c46-32-30(33(47)37(51)40(54)36(32)50)44-56-43(57-45(58-44)31-34(48)38(52)41(55)39(53)35(31)49)17-9-11-19-23-16-18(10-14-26(23)60-27(19)15-17)59-24-7-3-1-6-22(24)29-25(59)13-12-21-20-5-2-4-8-28(20)61-42(21)29/h1-16H,46-55H2. The highest BCUT2D eigenvalue weighted by Crippen LogP contribution is 2.44. The monoisotopic (exact) mass is 790 g/mol. The average molecular weight is 789 g/mol. The molecule has 0 atom stereocenters. The maximum atomic E-state index is 6.67. The Morgan fingerprint density at radius 1 is 0.426 bits per heavy atom. The predicted molar refractivity (Wildman–Crippen MR) is 292 cm³/mol. The highest BCUT2D eigenvalue weighted by molar-refractivity contribution is 7.26. The van der Waals surface area contributed by atoms with Gasteiger partial charge in [0.05, 0.1) is 11.0 Å². The molecule has 0 bridgehead atoms. The minimum atomic E-state index is 0.630. The van der Waals surface area contributed by atoms with Crippen LogP contribution in [0.15, 0.2) is 101 Å². The molecule has 11 rings (SSSR count). The zero-order valence-corrected chi connectivity index (χ0v) is 37.2. The first-order valence-corrected chi connectivity index (χ1v) is 21.9. The number of para-hydroxylation sites is 1. The van der Waals surface area contributed by atoms with E-state index in [0.29, 0.717) is 17.5 Å². The normalized spacial score (nSPS) is 11.9. The molecule has 0 fully saturated rings. The van der Waals surface area contributed by atoms with Crippen LogP contribution >= 0.6 is 11.3 Å². The van der Waals surface area contributed by atoms with Crippen LogP contribution in [0.4, 0.5) is 0 Å². The van der Waals surface area contributed by atoms with Gasteiger partial charge in [0, 0.05) is 64.1 Å². The van der Waals surface area contributed by atoms with Gasteiger partial charge in [-0.25, -0.2) is 15.0 Å². The third-order valence-corrected chi connectivity index (χ3v) is 15.4. The van der Waals surface area contributed by atoms with Gasteiger partial charge in [0.25, 0.3) is 0 Å². The molecule has 7 aromatic carbocycles. The Kier molecular flexibility index (Phi) is 8.57. The van der Waals surface area contributed by atoms with Crippen LogP contribution < -0.4 is 54.6 Å². The molecule has 0 saturated carbocycles. The van der Waals surface area contributed by atoms with Crippen molar-refractivity contribution in [3.63, 3.8) is 0 Å². The lowest BCUT2D eigenvalue weighted by Gasteiger charge is -2.22. The van der Waals surface area contributed by atoms with Gasteiger partial charge in [0.15, 0.2) is 17.5 Å². The van der Waals surface area contributed by atoms with E-state index < -0.39 is 0 Å². The Balaban J connectivity index is 1.10. The zero-order valence-electron chi connectivity index (χ0n) is 36.3. The van der Waals surface area contributed by atoms with Gasteiger partial charge in [0.1, 0.15) is 89.6 Å². The van der Waals surface area contributed by atoms with Crippen molar-refractivity contribution < 1.29 is 4.42 Å². The molecular weight excluding hydrogens is 753 g/mol. The van der Waals surface area contributed by atoms with Gasteiger partial charge in [-0.15, -0.1) is 44.1 Å². The molecule has 0 unspecified atom stereocenters. The number of nitrogens with zero attached hydrogens (tertiary/aromatic N) is 4. The van der Waals surface area contributed by atoms with E-state index >= 15 is 0 Å². The summed E-state index contributed by atoms with van der Waals surface area (Å²) < 4.78 is 11.7. The number of furan rings is 1. The van der Waals surface area contributed by atoms with Crippen LogP contribution in [0.25, 0.3) is 104 Å². The Morgan fingerprint density at radius 3 is 1.64 bits per heavy atom. The summed E-state index contributed by atoms with van der Waals surface area (Å²) in [7, 11) is 22.0. The number of hydrogen-bond donors (Lipinski definition) is 0. The van der Waals surface area contributed by atoms with Crippen molar-refractivity contribution in [2.45, 2.75) is 0 Å². The van der Waals surface area contributed by atoms with Crippen LogP contribution in [-0.2, 0) is 0 Å². The lowest BCUT2D eigenvalue weighted by molar-refractivity contribution is 0.669. The van der Waals surface area contributed by atoms with E-state index in [1.54, 1.807) is 0 Å². The number of fused-ring (bicyclic) bond motifs is 10. The van der Waals surface area contributed by atoms with Crippen molar-refractivity contribution in [2.24, 2.45) is 0 Å². The summed E-state index contributed by atoms with van der Waals surface area (Å²) in [6.07, 6.45) is 0. The Labute approximate surface area is 367 Å². The second-order valence-corrected chi connectivity index (χ2v) is 18.1. The molecule has 0 aliphatic rings. The van der Waals surface area contributed by atoms with Gasteiger partial charge in [-0.3, -0.25) is 0 Å². The van der Waals surface area contributed by atoms with Crippen LogP contribution in [0.2, 0.25) is 0 Å². The quantitative estimate of drug-likeness (QED) is 0.168. The molecule has 0 aliphatic carbocycles. The fourth-order valence-corrected chi connectivity index (χ4v) is 11.2. The number of rotatable bonds is 4. The summed E-state index contributed by atoms with van der Waals surface area (Å²) in [5, 5.41) is 7.30. The summed E-state index contributed by atoms with van der Waals surface area (Å²) in [5.74, 6) is 2.03. The van der Waals surface area contributed by atoms with E-state index in [-0.39, 0.29) is 0 Å². The number of aromatic nitrogens is 4. The maximum absolute atomic E-state index is 6.67. The molecule has 5 nitrogen and oxygen atoms in total. The van der Waals surface area contributed by atoms with Gasteiger partial charge in [0.2, 0.25) is 0 Å².